The lowest BCUT2D eigenvalue weighted by molar-refractivity contribution is 0.0773. The van der Waals surface area contributed by atoms with Crippen LogP contribution in [0.3, 0.4) is 0 Å². The van der Waals surface area contributed by atoms with Gasteiger partial charge in [-0.1, -0.05) is 0 Å². The Balaban J connectivity index is 1.41. The molecule has 0 amide bonds. The first kappa shape index (κ1) is 16.3. The van der Waals surface area contributed by atoms with Crippen LogP contribution in [-0.2, 0) is 23.0 Å². The quantitative estimate of drug-likeness (QED) is 0.830. The molecule has 1 fully saturated rings. The summed E-state index contributed by atoms with van der Waals surface area (Å²) < 4.78 is 28.7. The highest BCUT2D eigenvalue weighted by molar-refractivity contribution is 7.89. The molecule has 0 atom stereocenters. The van der Waals surface area contributed by atoms with Crippen LogP contribution in [0.2, 0.25) is 0 Å². The van der Waals surface area contributed by atoms with Gasteiger partial charge in [0.2, 0.25) is 0 Å². The summed E-state index contributed by atoms with van der Waals surface area (Å²) in [5, 5.41) is 2.31. The van der Waals surface area contributed by atoms with Crippen molar-refractivity contribution in [1.82, 2.24) is 18.8 Å². The summed E-state index contributed by atoms with van der Waals surface area (Å²) in [5.74, 6) is 0. The molecule has 130 valence electrons. The van der Waals surface area contributed by atoms with E-state index in [1.807, 2.05) is 29.8 Å². The molecular weight excluding hydrogens is 344 g/mol. The van der Waals surface area contributed by atoms with Crippen LogP contribution in [0.15, 0.2) is 29.0 Å². The van der Waals surface area contributed by atoms with Crippen molar-refractivity contribution in [2.45, 2.75) is 43.9 Å². The number of hydrogen-bond acceptors (Lipinski definition) is 5. The van der Waals surface area contributed by atoms with Gasteiger partial charge >= 0.3 is 0 Å². The summed E-state index contributed by atoms with van der Waals surface area (Å²) in [7, 11) is -3.46. The Morgan fingerprint density at radius 2 is 2.12 bits per heavy atom. The number of sulfonamides is 1. The molecule has 0 spiro atoms. The van der Waals surface area contributed by atoms with Gasteiger partial charge < -0.3 is 4.57 Å². The zero-order valence-corrected chi connectivity index (χ0v) is 15.6. The molecule has 0 N–H and O–H groups in total. The highest BCUT2D eigenvalue weighted by atomic mass is 32.2. The lowest BCUT2D eigenvalue weighted by Crippen LogP contribution is -2.61. The lowest BCUT2D eigenvalue weighted by atomic mass is 10.0. The first-order valence-electron chi connectivity index (χ1n) is 8.28. The molecule has 2 aliphatic rings. The molecule has 8 heteroatoms. The van der Waals surface area contributed by atoms with Crippen molar-refractivity contribution in [2.75, 3.05) is 19.6 Å². The Bertz CT molecular complexity index is 834. The maximum Gasteiger partial charge on any atom is 0.262 e. The second-order valence-corrected chi connectivity index (χ2v) is 9.70. The monoisotopic (exact) mass is 366 g/mol. The van der Waals surface area contributed by atoms with Gasteiger partial charge in [0.25, 0.3) is 10.0 Å². The van der Waals surface area contributed by atoms with Crippen molar-refractivity contribution >= 4 is 21.4 Å². The number of rotatable bonds is 4. The minimum atomic E-state index is -3.46. The normalized spacial score (nSPS) is 20.3. The van der Waals surface area contributed by atoms with Gasteiger partial charge in [-0.05, 0) is 37.3 Å². The van der Waals surface area contributed by atoms with Crippen molar-refractivity contribution in [1.29, 1.82) is 0 Å². The Hall–Kier alpha value is -1.22. The molecule has 2 aliphatic heterocycles. The molecule has 0 aliphatic carbocycles. The largest absolute Gasteiger partial charge is 0.334 e. The van der Waals surface area contributed by atoms with Crippen molar-refractivity contribution < 1.29 is 8.42 Å². The van der Waals surface area contributed by atoms with Gasteiger partial charge in [-0.15, -0.1) is 11.3 Å². The Morgan fingerprint density at radius 3 is 2.83 bits per heavy atom. The van der Waals surface area contributed by atoms with Crippen LogP contribution in [0.1, 0.15) is 30.3 Å². The second-order valence-electron chi connectivity index (χ2n) is 6.82. The van der Waals surface area contributed by atoms with Gasteiger partial charge in [-0.2, -0.15) is 4.31 Å². The van der Waals surface area contributed by atoms with Crippen molar-refractivity contribution in [3.63, 3.8) is 0 Å². The van der Waals surface area contributed by atoms with Gasteiger partial charge in [0.1, 0.15) is 0 Å². The van der Waals surface area contributed by atoms with E-state index in [1.165, 1.54) is 10.4 Å². The van der Waals surface area contributed by atoms with E-state index in [9.17, 15) is 8.42 Å². The van der Waals surface area contributed by atoms with E-state index < -0.39 is 10.0 Å². The summed E-state index contributed by atoms with van der Waals surface area (Å²) in [6.45, 7) is 7.11. The number of fused-ring (bicyclic) bond motifs is 1. The molecule has 0 bridgehead atoms. The van der Waals surface area contributed by atoms with E-state index in [2.05, 4.69) is 21.3 Å². The number of thiophene rings is 1. The molecule has 0 aromatic carbocycles. The standard InChI is InChI=1S/C16H22N4O2S2/c1-12(2)19-10-16(17-11-19)24(21,22)20-8-14(9-20)18-5-3-15-13(7-18)4-6-23-15/h4,6,10-12,14H,3,5,7-9H2,1-2H3. The van der Waals surface area contributed by atoms with Gasteiger partial charge in [0, 0.05) is 49.3 Å². The predicted molar refractivity (Wildman–Crippen MR) is 93.6 cm³/mol. The van der Waals surface area contributed by atoms with Crippen molar-refractivity contribution in [3.8, 4) is 0 Å². The Kier molecular flexibility index (Phi) is 4.03. The highest BCUT2D eigenvalue weighted by Gasteiger charge is 2.41. The Morgan fingerprint density at radius 1 is 1.33 bits per heavy atom. The summed E-state index contributed by atoms with van der Waals surface area (Å²) >= 11 is 1.83. The second kappa shape index (κ2) is 5.94. The van der Waals surface area contributed by atoms with Crippen LogP contribution in [0, 0.1) is 0 Å². The molecule has 0 unspecified atom stereocenters. The first-order valence-corrected chi connectivity index (χ1v) is 10.6. The molecular formula is C16H22N4O2S2. The fourth-order valence-corrected chi connectivity index (χ4v) is 5.62. The molecule has 4 rings (SSSR count). The SMILES string of the molecule is CC(C)n1cnc(S(=O)(=O)N2CC(N3CCc4sccc4C3)C2)c1. The fraction of sp³-hybridized carbons (Fsp3) is 0.562. The van der Waals surface area contributed by atoms with E-state index in [4.69, 9.17) is 0 Å². The van der Waals surface area contributed by atoms with Crippen LogP contribution >= 0.6 is 11.3 Å². The third-order valence-corrected chi connectivity index (χ3v) is 7.70. The van der Waals surface area contributed by atoms with Crippen LogP contribution in [0.25, 0.3) is 0 Å². The van der Waals surface area contributed by atoms with Crippen molar-refractivity contribution in [3.05, 3.63) is 34.4 Å². The fourth-order valence-electron chi connectivity index (χ4n) is 3.29. The molecule has 4 heterocycles. The highest BCUT2D eigenvalue weighted by Crippen LogP contribution is 2.29. The number of hydrogen-bond donors (Lipinski definition) is 0. The van der Waals surface area contributed by atoms with Crippen LogP contribution in [0.4, 0.5) is 0 Å². The van der Waals surface area contributed by atoms with Gasteiger partial charge in [0.05, 0.1) is 6.33 Å². The average Bonchev–Trinajstić information content (AvgIpc) is 3.14. The maximum atomic E-state index is 12.7. The minimum Gasteiger partial charge on any atom is -0.334 e. The van der Waals surface area contributed by atoms with Crippen LogP contribution < -0.4 is 0 Å². The maximum absolute atomic E-state index is 12.7. The van der Waals surface area contributed by atoms with Gasteiger partial charge in [-0.3, -0.25) is 4.90 Å². The van der Waals surface area contributed by atoms with Crippen molar-refractivity contribution in [2.24, 2.45) is 0 Å². The molecule has 2 aromatic rings. The molecule has 0 radical (unpaired) electrons. The predicted octanol–water partition coefficient (Wildman–Crippen LogP) is 1.96. The molecule has 2 aromatic heterocycles. The Labute approximate surface area is 146 Å². The lowest BCUT2D eigenvalue weighted by Gasteiger charge is -2.45. The number of imidazole rings is 1. The summed E-state index contributed by atoms with van der Waals surface area (Å²) in [4.78, 5) is 7.98. The summed E-state index contributed by atoms with van der Waals surface area (Å²) in [6.07, 6.45) is 4.30. The molecule has 24 heavy (non-hydrogen) atoms. The smallest absolute Gasteiger partial charge is 0.262 e. The third kappa shape index (κ3) is 2.71. The van der Waals surface area contributed by atoms with Crippen LogP contribution in [-0.4, -0.2) is 52.9 Å². The minimum absolute atomic E-state index is 0.161. The molecule has 1 saturated heterocycles. The zero-order chi connectivity index (χ0) is 16.9. The van der Waals surface area contributed by atoms with E-state index >= 15 is 0 Å². The summed E-state index contributed by atoms with van der Waals surface area (Å²) in [6, 6.07) is 2.72. The van der Waals surface area contributed by atoms with E-state index in [0.29, 0.717) is 19.1 Å². The van der Waals surface area contributed by atoms with E-state index in [0.717, 1.165) is 19.5 Å². The summed E-state index contributed by atoms with van der Waals surface area (Å²) in [5.41, 5.74) is 1.41. The number of aromatic nitrogens is 2. The van der Waals surface area contributed by atoms with Crippen LogP contribution in [0.5, 0.6) is 0 Å². The number of nitrogens with zero attached hydrogens (tertiary/aromatic N) is 4. The average molecular weight is 367 g/mol. The molecule has 0 saturated carbocycles. The van der Waals surface area contributed by atoms with Gasteiger partial charge in [0.15, 0.2) is 5.03 Å². The van der Waals surface area contributed by atoms with E-state index in [-0.39, 0.29) is 11.1 Å². The molecule has 6 nitrogen and oxygen atoms in total. The topological polar surface area (TPSA) is 58.4 Å². The van der Waals surface area contributed by atoms with E-state index in [1.54, 1.807) is 16.8 Å². The zero-order valence-electron chi connectivity index (χ0n) is 13.9. The third-order valence-electron chi connectivity index (χ3n) is 4.96. The first-order chi connectivity index (χ1) is 11.4. The van der Waals surface area contributed by atoms with Gasteiger partial charge in [-0.25, -0.2) is 13.4 Å².